The molecule has 0 spiro atoms. The summed E-state index contributed by atoms with van der Waals surface area (Å²) in [5.74, 6) is -1.35. The van der Waals surface area contributed by atoms with Gasteiger partial charge in [-0.3, -0.25) is 19.5 Å². The number of ether oxygens (including phenoxy) is 1. The van der Waals surface area contributed by atoms with E-state index in [2.05, 4.69) is 9.97 Å². The number of hydrogen-bond donors (Lipinski definition) is 1. The van der Waals surface area contributed by atoms with Gasteiger partial charge < -0.3 is 9.84 Å². The minimum atomic E-state index is -0.991. The Labute approximate surface area is 214 Å². The molecule has 1 aliphatic rings. The molecule has 35 heavy (non-hydrogen) atoms. The number of methoxy groups -OCH3 is 1. The van der Waals surface area contributed by atoms with Crippen LogP contribution in [0.3, 0.4) is 0 Å². The van der Waals surface area contributed by atoms with E-state index in [0.717, 1.165) is 10.3 Å². The van der Waals surface area contributed by atoms with Gasteiger partial charge in [0.05, 0.1) is 38.6 Å². The Morgan fingerprint density at radius 2 is 1.91 bits per heavy atom. The van der Waals surface area contributed by atoms with Gasteiger partial charge in [0.25, 0.3) is 5.78 Å². The summed E-state index contributed by atoms with van der Waals surface area (Å²) in [6.45, 7) is 1.90. The van der Waals surface area contributed by atoms with Crippen molar-refractivity contribution in [2.24, 2.45) is 0 Å². The van der Waals surface area contributed by atoms with Crippen LogP contribution in [0.1, 0.15) is 22.9 Å². The summed E-state index contributed by atoms with van der Waals surface area (Å²) in [6.07, 6.45) is 1.56. The maximum Gasteiger partial charge on any atom is 0.301 e. The predicted molar refractivity (Wildman–Crippen MR) is 136 cm³/mol. The maximum atomic E-state index is 13.3. The lowest BCUT2D eigenvalue weighted by Crippen LogP contribution is -2.29. The van der Waals surface area contributed by atoms with Crippen LogP contribution in [-0.2, 0) is 9.59 Å². The molecule has 1 saturated heterocycles. The first-order valence-corrected chi connectivity index (χ1v) is 12.0. The van der Waals surface area contributed by atoms with Crippen LogP contribution in [0.25, 0.3) is 16.0 Å². The quantitative estimate of drug-likeness (QED) is 0.201. The highest BCUT2D eigenvalue weighted by atomic mass is 35.5. The van der Waals surface area contributed by atoms with E-state index in [-0.39, 0.29) is 21.9 Å². The molecule has 0 saturated carbocycles. The molecule has 176 valence electrons. The predicted octanol–water partition coefficient (Wildman–Crippen LogP) is 5.94. The molecule has 1 aliphatic heterocycles. The number of aryl methyl sites for hydroxylation is 1. The molecule has 5 rings (SSSR count). The number of carbonyl (C=O) groups is 2. The monoisotopic (exact) mass is 525 g/mol. The van der Waals surface area contributed by atoms with Crippen molar-refractivity contribution in [3.8, 4) is 5.75 Å². The van der Waals surface area contributed by atoms with Crippen molar-refractivity contribution in [3.05, 3.63) is 87.2 Å². The summed E-state index contributed by atoms with van der Waals surface area (Å²) >= 11 is 13.4. The first-order valence-electron chi connectivity index (χ1n) is 10.4. The number of halogens is 2. The molecule has 1 fully saturated rings. The number of nitrogens with zero attached hydrogens (tertiary/aromatic N) is 3. The van der Waals surface area contributed by atoms with Crippen LogP contribution in [-0.4, -0.2) is 33.9 Å². The number of carbonyl (C=O) groups excluding carboxylic acids is 2. The molecule has 7 nitrogen and oxygen atoms in total. The number of hydrogen-bond acceptors (Lipinski definition) is 7. The second kappa shape index (κ2) is 8.96. The summed E-state index contributed by atoms with van der Waals surface area (Å²) in [6, 6.07) is 12.3. The van der Waals surface area contributed by atoms with E-state index in [1.54, 1.807) is 31.5 Å². The first-order chi connectivity index (χ1) is 16.8. The highest BCUT2D eigenvalue weighted by Gasteiger charge is 2.48. The minimum absolute atomic E-state index is 0.111. The van der Waals surface area contributed by atoms with Gasteiger partial charge in [0.2, 0.25) is 0 Å². The normalized spacial score (nSPS) is 17.4. The molecule has 1 unspecified atom stereocenters. The summed E-state index contributed by atoms with van der Waals surface area (Å²) in [5, 5.41) is 12.0. The SMILES string of the molecule is COc1cc2sc(N3C(=O)C(=O)/C(=C(/O)c4ccc(Cl)c(Cl)c4)C3c3ccccn3)nc2cc1C. The van der Waals surface area contributed by atoms with E-state index >= 15 is 0 Å². The van der Waals surface area contributed by atoms with E-state index in [0.29, 0.717) is 27.1 Å². The number of amides is 1. The van der Waals surface area contributed by atoms with Gasteiger partial charge in [-0.05, 0) is 55.0 Å². The second-order valence-electron chi connectivity index (χ2n) is 7.84. The fourth-order valence-electron chi connectivity index (χ4n) is 4.02. The van der Waals surface area contributed by atoms with Crippen molar-refractivity contribution in [2.75, 3.05) is 12.0 Å². The molecule has 2 aromatic heterocycles. The van der Waals surface area contributed by atoms with E-state index in [9.17, 15) is 14.7 Å². The van der Waals surface area contributed by atoms with Gasteiger partial charge in [-0.15, -0.1) is 0 Å². The third kappa shape index (κ3) is 3.93. The van der Waals surface area contributed by atoms with Crippen molar-refractivity contribution in [2.45, 2.75) is 13.0 Å². The van der Waals surface area contributed by atoms with Crippen LogP contribution in [0.15, 0.2) is 60.3 Å². The first kappa shape index (κ1) is 23.3. The van der Waals surface area contributed by atoms with Crippen molar-refractivity contribution >= 4 is 67.3 Å². The largest absolute Gasteiger partial charge is 0.507 e. The molecule has 0 aliphatic carbocycles. The fourth-order valence-corrected chi connectivity index (χ4v) is 5.32. The van der Waals surface area contributed by atoms with Gasteiger partial charge >= 0.3 is 5.91 Å². The lowest BCUT2D eigenvalue weighted by Gasteiger charge is -2.22. The zero-order chi connectivity index (χ0) is 24.9. The summed E-state index contributed by atoms with van der Waals surface area (Å²) < 4.78 is 6.19. The number of ketones is 1. The number of aliphatic hydroxyl groups excluding tert-OH is 1. The number of aliphatic hydroxyl groups is 1. The number of benzene rings is 2. The Kier molecular flexibility index (Phi) is 5.96. The van der Waals surface area contributed by atoms with Crippen molar-refractivity contribution in [3.63, 3.8) is 0 Å². The van der Waals surface area contributed by atoms with Gasteiger partial charge in [-0.2, -0.15) is 0 Å². The van der Waals surface area contributed by atoms with Crippen LogP contribution < -0.4 is 9.64 Å². The van der Waals surface area contributed by atoms with Gasteiger partial charge in [0.1, 0.15) is 17.6 Å². The van der Waals surface area contributed by atoms with Crippen molar-refractivity contribution in [1.82, 2.24) is 9.97 Å². The third-order valence-electron chi connectivity index (χ3n) is 5.71. The molecule has 1 N–H and O–H groups in total. The van der Waals surface area contributed by atoms with Crippen LogP contribution in [0.5, 0.6) is 5.75 Å². The van der Waals surface area contributed by atoms with Crippen molar-refractivity contribution in [1.29, 1.82) is 0 Å². The van der Waals surface area contributed by atoms with Crippen LogP contribution >= 0.6 is 34.5 Å². The Balaban J connectivity index is 1.72. The number of fused-ring (bicyclic) bond motifs is 1. The fraction of sp³-hybridized carbons (Fsp3) is 0.120. The average Bonchev–Trinajstić information content (AvgIpc) is 3.37. The van der Waals surface area contributed by atoms with Crippen LogP contribution in [0.4, 0.5) is 5.13 Å². The van der Waals surface area contributed by atoms with E-state index in [1.807, 2.05) is 19.1 Å². The summed E-state index contributed by atoms with van der Waals surface area (Å²) in [7, 11) is 1.58. The van der Waals surface area contributed by atoms with Crippen molar-refractivity contribution < 1.29 is 19.4 Å². The molecular weight excluding hydrogens is 509 g/mol. The number of pyridine rings is 1. The summed E-state index contributed by atoms with van der Waals surface area (Å²) in [5.41, 5.74) is 2.10. The Hall–Kier alpha value is -3.46. The summed E-state index contributed by atoms with van der Waals surface area (Å²) in [4.78, 5) is 36.9. The lowest BCUT2D eigenvalue weighted by molar-refractivity contribution is -0.132. The molecule has 2 aromatic carbocycles. The van der Waals surface area contributed by atoms with E-state index < -0.39 is 17.7 Å². The molecule has 1 atom stereocenters. The number of anilines is 1. The average molecular weight is 526 g/mol. The zero-order valence-corrected chi connectivity index (χ0v) is 20.8. The number of rotatable bonds is 4. The molecule has 0 radical (unpaired) electrons. The molecular formula is C25H17Cl2N3O4S. The van der Waals surface area contributed by atoms with Crippen LogP contribution in [0, 0.1) is 6.92 Å². The van der Waals surface area contributed by atoms with E-state index in [4.69, 9.17) is 27.9 Å². The van der Waals surface area contributed by atoms with Gasteiger partial charge in [0, 0.05) is 11.8 Å². The second-order valence-corrected chi connectivity index (χ2v) is 9.66. The number of thiazole rings is 1. The standard InChI is InChI=1S/C25H17Cl2N3O4S/c1-12-9-17-19(11-18(12)34-2)35-25(29-17)30-21(16-5-3-4-8-28-16)20(23(32)24(30)33)22(31)13-6-7-14(26)15(27)10-13/h3-11,21,31H,1-2H3/b22-20+. The molecule has 1 amide bonds. The Morgan fingerprint density at radius 3 is 2.60 bits per heavy atom. The smallest absolute Gasteiger partial charge is 0.301 e. The molecule has 0 bridgehead atoms. The molecule has 4 aromatic rings. The minimum Gasteiger partial charge on any atom is -0.507 e. The van der Waals surface area contributed by atoms with Gasteiger partial charge in [-0.25, -0.2) is 4.98 Å². The highest BCUT2D eigenvalue weighted by molar-refractivity contribution is 7.22. The molecule has 3 heterocycles. The Morgan fingerprint density at radius 1 is 1.11 bits per heavy atom. The topological polar surface area (TPSA) is 92.6 Å². The Bertz CT molecular complexity index is 1530. The zero-order valence-electron chi connectivity index (χ0n) is 18.5. The third-order valence-corrected chi connectivity index (χ3v) is 7.46. The van der Waals surface area contributed by atoms with Gasteiger partial charge in [0.15, 0.2) is 5.13 Å². The highest BCUT2D eigenvalue weighted by Crippen LogP contribution is 2.44. The van der Waals surface area contributed by atoms with E-state index in [1.165, 1.54) is 34.4 Å². The van der Waals surface area contributed by atoms with Gasteiger partial charge in [-0.1, -0.05) is 40.6 Å². The number of aromatic nitrogens is 2. The van der Waals surface area contributed by atoms with Crippen LogP contribution in [0.2, 0.25) is 10.0 Å². The molecule has 10 heteroatoms. The maximum absolute atomic E-state index is 13.3. The lowest BCUT2D eigenvalue weighted by atomic mass is 9.98. The number of Topliss-reactive ketones (excluding diaryl/α,β-unsaturated/α-hetero) is 1.